The van der Waals surface area contributed by atoms with Crippen molar-refractivity contribution in [2.45, 2.75) is 32.2 Å². The number of halogens is 3. The number of nitriles is 1. The molecular formula is C35H26F3N7O3. The van der Waals surface area contributed by atoms with Crippen LogP contribution in [0.15, 0.2) is 71.5 Å². The topological polar surface area (TPSA) is 141 Å². The molecule has 0 bridgehead atoms. The lowest BCUT2D eigenvalue weighted by atomic mass is 9.96. The Morgan fingerprint density at radius 2 is 1.96 bits per heavy atom. The smallest absolute Gasteiger partial charge is 0.419 e. The molecule has 5 heterocycles. The van der Waals surface area contributed by atoms with Crippen LogP contribution in [-0.2, 0) is 12.7 Å². The van der Waals surface area contributed by atoms with Crippen molar-refractivity contribution in [1.29, 1.82) is 5.26 Å². The van der Waals surface area contributed by atoms with E-state index in [9.17, 15) is 28.3 Å². The summed E-state index contributed by atoms with van der Waals surface area (Å²) in [5, 5.41) is 23.5. The zero-order chi connectivity index (χ0) is 33.6. The van der Waals surface area contributed by atoms with Gasteiger partial charge in [-0.25, -0.2) is 9.97 Å². The normalized spacial score (nSPS) is 15.2. The summed E-state index contributed by atoms with van der Waals surface area (Å²) in [5.41, 5.74) is 1.21. The van der Waals surface area contributed by atoms with Gasteiger partial charge in [-0.05, 0) is 60.9 Å². The third kappa shape index (κ3) is 5.72. The van der Waals surface area contributed by atoms with Crippen LogP contribution in [0, 0.1) is 18.3 Å². The molecule has 240 valence electrons. The Kier molecular flexibility index (Phi) is 7.82. The van der Waals surface area contributed by atoms with Gasteiger partial charge in [0.05, 0.1) is 28.5 Å². The second-order valence-corrected chi connectivity index (χ2v) is 11.6. The van der Waals surface area contributed by atoms with Gasteiger partial charge < -0.3 is 14.8 Å². The number of benzene rings is 2. The maximum absolute atomic E-state index is 14.9. The van der Waals surface area contributed by atoms with E-state index in [0.29, 0.717) is 42.0 Å². The molecule has 1 fully saturated rings. The molecule has 7 rings (SSSR count). The highest BCUT2D eigenvalue weighted by Crippen LogP contribution is 2.44. The third-order valence-corrected chi connectivity index (χ3v) is 8.39. The van der Waals surface area contributed by atoms with E-state index in [4.69, 9.17) is 4.42 Å². The summed E-state index contributed by atoms with van der Waals surface area (Å²) in [6.07, 6.45) is 0.718. The summed E-state index contributed by atoms with van der Waals surface area (Å²) >= 11 is 0. The molecule has 48 heavy (non-hydrogen) atoms. The summed E-state index contributed by atoms with van der Waals surface area (Å²) in [6.45, 7) is 3.77. The number of fused-ring (bicyclic) bond motifs is 2. The fourth-order valence-corrected chi connectivity index (χ4v) is 6.10. The Balaban J connectivity index is 1.27. The highest BCUT2D eigenvalue weighted by Gasteiger charge is 2.39. The van der Waals surface area contributed by atoms with E-state index >= 15 is 0 Å². The Morgan fingerprint density at radius 1 is 1.12 bits per heavy atom. The van der Waals surface area contributed by atoms with Crippen molar-refractivity contribution in [2.24, 2.45) is 0 Å². The SMILES string of the molecule is Cc1c(Nc2nccc3cc(CN4CC[C@@H](O)C4)cnc23)cccc1-c1nccc(-c2nc3cc(C=O)cc(C#N)c3o2)c1C(F)(F)F. The van der Waals surface area contributed by atoms with Crippen LogP contribution in [0.1, 0.15) is 39.0 Å². The Hall–Kier alpha value is -5.71. The first kappa shape index (κ1) is 30.9. The number of nitrogens with one attached hydrogen (secondary N) is 1. The van der Waals surface area contributed by atoms with Crippen LogP contribution in [0.4, 0.5) is 24.7 Å². The number of aldehydes is 1. The third-order valence-electron chi connectivity index (χ3n) is 8.39. The number of anilines is 2. The second kappa shape index (κ2) is 12.1. The summed E-state index contributed by atoms with van der Waals surface area (Å²) in [5.74, 6) is 0.0712. The van der Waals surface area contributed by atoms with E-state index in [2.05, 4.69) is 30.2 Å². The maximum atomic E-state index is 14.9. The van der Waals surface area contributed by atoms with Gasteiger partial charge >= 0.3 is 6.18 Å². The minimum Gasteiger partial charge on any atom is -0.435 e. The zero-order valence-electron chi connectivity index (χ0n) is 25.4. The minimum atomic E-state index is -4.87. The van der Waals surface area contributed by atoms with Gasteiger partial charge in [0.1, 0.15) is 23.4 Å². The van der Waals surface area contributed by atoms with Crippen LogP contribution in [0.25, 0.3) is 44.7 Å². The van der Waals surface area contributed by atoms with Crippen molar-refractivity contribution in [3.05, 3.63) is 94.9 Å². The molecule has 10 nitrogen and oxygen atoms in total. The van der Waals surface area contributed by atoms with Crippen molar-refractivity contribution in [3.63, 3.8) is 0 Å². The van der Waals surface area contributed by atoms with Crippen LogP contribution in [-0.4, -0.2) is 55.4 Å². The van der Waals surface area contributed by atoms with Crippen molar-refractivity contribution < 1.29 is 27.5 Å². The number of hydrogen-bond acceptors (Lipinski definition) is 10. The van der Waals surface area contributed by atoms with E-state index < -0.39 is 11.7 Å². The molecule has 2 N–H and O–H groups in total. The largest absolute Gasteiger partial charge is 0.435 e. The Labute approximate surface area is 271 Å². The molecule has 4 aromatic heterocycles. The predicted molar refractivity (Wildman–Crippen MR) is 171 cm³/mol. The number of aliphatic hydroxyl groups excluding tert-OH is 1. The molecule has 1 aliphatic heterocycles. The standard InChI is InChI=1S/C35H26F3N7O3/c1-19-25(3-2-4-27(19)43-33-30-22(5-8-41-33)12-21(15-42-30)16-45-10-7-24(47)17-45)31-29(35(36,37)38)26(6-9-40-31)34-44-28-13-20(18-46)11-23(14-39)32(28)48-34/h2-6,8-9,11-13,15,18,24,47H,7,10,16-17H2,1H3,(H,41,43)/t24-/m1/s1. The molecule has 0 saturated carbocycles. The Morgan fingerprint density at radius 3 is 2.71 bits per heavy atom. The van der Waals surface area contributed by atoms with Gasteiger partial charge in [0.2, 0.25) is 5.89 Å². The summed E-state index contributed by atoms with van der Waals surface area (Å²) in [6, 6.07) is 14.5. The van der Waals surface area contributed by atoms with Gasteiger partial charge in [0.15, 0.2) is 11.4 Å². The number of carbonyl (C=O) groups is 1. The number of β-amino-alcohol motifs (C(OH)–C–C–N with tert-alkyl or cyclic N) is 1. The molecular weight excluding hydrogens is 623 g/mol. The highest BCUT2D eigenvalue weighted by atomic mass is 19.4. The molecule has 0 unspecified atom stereocenters. The number of rotatable bonds is 7. The van der Waals surface area contributed by atoms with Crippen LogP contribution in [0.2, 0.25) is 0 Å². The quantitative estimate of drug-likeness (QED) is 0.177. The van der Waals surface area contributed by atoms with E-state index in [1.807, 2.05) is 18.2 Å². The number of oxazole rings is 1. The average Bonchev–Trinajstić information content (AvgIpc) is 3.70. The molecule has 13 heteroatoms. The van der Waals surface area contributed by atoms with Gasteiger partial charge in [-0.15, -0.1) is 0 Å². The maximum Gasteiger partial charge on any atom is 0.419 e. The fraction of sp³-hybridized carbons (Fsp3) is 0.200. The molecule has 0 radical (unpaired) electrons. The number of likely N-dealkylation sites (tertiary alicyclic amines) is 1. The van der Waals surface area contributed by atoms with E-state index in [1.54, 1.807) is 37.5 Å². The van der Waals surface area contributed by atoms with Crippen molar-refractivity contribution in [3.8, 4) is 28.8 Å². The first-order valence-corrected chi connectivity index (χ1v) is 15.0. The molecule has 0 amide bonds. The molecule has 0 aliphatic carbocycles. The van der Waals surface area contributed by atoms with Crippen LogP contribution in [0.3, 0.4) is 0 Å². The second-order valence-electron chi connectivity index (χ2n) is 11.6. The lowest BCUT2D eigenvalue weighted by molar-refractivity contribution is -0.136. The number of pyridine rings is 3. The van der Waals surface area contributed by atoms with Crippen LogP contribution in [0.5, 0.6) is 0 Å². The van der Waals surface area contributed by atoms with Gasteiger partial charge in [0.25, 0.3) is 0 Å². The lowest BCUT2D eigenvalue weighted by Gasteiger charge is -2.18. The van der Waals surface area contributed by atoms with E-state index in [0.717, 1.165) is 30.0 Å². The van der Waals surface area contributed by atoms with Crippen molar-refractivity contribution in [2.75, 3.05) is 18.4 Å². The number of aromatic nitrogens is 4. The number of alkyl halides is 3. The Bertz CT molecular complexity index is 2260. The van der Waals surface area contributed by atoms with Crippen LogP contribution < -0.4 is 5.32 Å². The molecule has 1 saturated heterocycles. The summed E-state index contributed by atoms with van der Waals surface area (Å²) in [4.78, 5) is 31.0. The van der Waals surface area contributed by atoms with Gasteiger partial charge in [-0.2, -0.15) is 18.4 Å². The van der Waals surface area contributed by atoms with Gasteiger partial charge in [-0.1, -0.05) is 12.1 Å². The van der Waals surface area contributed by atoms with E-state index in [-0.39, 0.29) is 51.0 Å². The van der Waals surface area contributed by atoms with E-state index in [1.165, 1.54) is 18.3 Å². The monoisotopic (exact) mass is 649 g/mol. The first-order chi connectivity index (χ1) is 23.1. The summed E-state index contributed by atoms with van der Waals surface area (Å²) in [7, 11) is 0. The lowest BCUT2D eigenvalue weighted by Crippen LogP contribution is -2.21. The molecule has 0 spiro atoms. The van der Waals surface area contributed by atoms with Crippen LogP contribution >= 0.6 is 0 Å². The van der Waals surface area contributed by atoms with Gasteiger partial charge in [0, 0.05) is 60.4 Å². The minimum absolute atomic E-state index is 0.0230. The number of nitrogens with zero attached hydrogens (tertiary/aromatic N) is 6. The highest BCUT2D eigenvalue weighted by molar-refractivity contribution is 5.92. The van der Waals surface area contributed by atoms with Crippen molar-refractivity contribution in [1.82, 2.24) is 24.8 Å². The number of carbonyl (C=O) groups excluding carboxylic acids is 1. The summed E-state index contributed by atoms with van der Waals surface area (Å²) < 4.78 is 50.3. The zero-order valence-corrected chi connectivity index (χ0v) is 25.4. The molecule has 2 aromatic carbocycles. The molecule has 1 atom stereocenters. The fourth-order valence-electron chi connectivity index (χ4n) is 6.10. The number of aliphatic hydroxyl groups is 1. The molecule has 1 aliphatic rings. The van der Waals surface area contributed by atoms with Crippen molar-refractivity contribution >= 4 is 39.8 Å². The average molecular weight is 650 g/mol. The number of hydrogen-bond donors (Lipinski definition) is 2. The van der Waals surface area contributed by atoms with Gasteiger partial charge in [-0.3, -0.25) is 19.7 Å². The molecule has 6 aromatic rings. The first-order valence-electron chi connectivity index (χ1n) is 15.0. The predicted octanol–water partition coefficient (Wildman–Crippen LogP) is 6.82.